The van der Waals surface area contributed by atoms with Crippen molar-refractivity contribution >= 4 is 0 Å². The van der Waals surface area contributed by atoms with Crippen LogP contribution in [0.25, 0.3) is 0 Å². The quantitative estimate of drug-likeness (QED) is 0.826. The normalized spacial score (nSPS) is 14.6. The van der Waals surface area contributed by atoms with Gasteiger partial charge in [-0.3, -0.25) is 0 Å². The number of hydrogen-bond acceptors (Lipinski definition) is 2. The molecule has 2 N–H and O–H groups in total. The van der Waals surface area contributed by atoms with Crippen molar-refractivity contribution in [3.8, 4) is 5.75 Å². The Morgan fingerprint density at radius 1 is 1.38 bits per heavy atom. The van der Waals surface area contributed by atoms with Crippen molar-refractivity contribution in [2.24, 2.45) is 11.7 Å². The van der Waals surface area contributed by atoms with Crippen LogP contribution in [0.15, 0.2) is 18.2 Å². The summed E-state index contributed by atoms with van der Waals surface area (Å²) in [6.45, 7) is 6.47. The molecular formula is C14H23NO. The highest BCUT2D eigenvalue weighted by Gasteiger charge is 2.14. The first-order valence-corrected chi connectivity index (χ1v) is 6.00. The SMILES string of the molecule is CCCC(C)C(N)c1ccc(OC)c(C)c1. The lowest BCUT2D eigenvalue weighted by molar-refractivity contribution is 0.409. The molecule has 90 valence electrons. The zero-order valence-corrected chi connectivity index (χ0v) is 10.8. The highest BCUT2D eigenvalue weighted by atomic mass is 16.5. The molecule has 0 saturated carbocycles. The Kier molecular flexibility index (Phi) is 4.81. The van der Waals surface area contributed by atoms with Crippen LogP contribution in [0.2, 0.25) is 0 Å². The van der Waals surface area contributed by atoms with Crippen molar-refractivity contribution in [1.82, 2.24) is 0 Å². The number of rotatable bonds is 5. The van der Waals surface area contributed by atoms with Crippen molar-refractivity contribution in [3.05, 3.63) is 29.3 Å². The first kappa shape index (κ1) is 13.0. The van der Waals surface area contributed by atoms with Crippen LogP contribution in [0.1, 0.15) is 43.9 Å². The lowest BCUT2D eigenvalue weighted by Crippen LogP contribution is -2.19. The number of hydrogen-bond donors (Lipinski definition) is 1. The van der Waals surface area contributed by atoms with Gasteiger partial charge in [0, 0.05) is 6.04 Å². The summed E-state index contributed by atoms with van der Waals surface area (Å²) in [6.07, 6.45) is 2.36. The van der Waals surface area contributed by atoms with Crippen LogP contribution >= 0.6 is 0 Å². The van der Waals surface area contributed by atoms with E-state index in [1.165, 1.54) is 18.4 Å². The number of methoxy groups -OCH3 is 1. The molecule has 0 spiro atoms. The Hall–Kier alpha value is -1.02. The zero-order chi connectivity index (χ0) is 12.1. The van der Waals surface area contributed by atoms with Gasteiger partial charge in [-0.25, -0.2) is 0 Å². The molecular weight excluding hydrogens is 198 g/mol. The van der Waals surface area contributed by atoms with Gasteiger partial charge in [0.15, 0.2) is 0 Å². The molecule has 2 atom stereocenters. The van der Waals surface area contributed by atoms with E-state index < -0.39 is 0 Å². The maximum atomic E-state index is 6.24. The molecule has 2 heteroatoms. The molecule has 0 aliphatic carbocycles. The smallest absolute Gasteiger partial charge is 0.121 e. The van der Waals surface area contributed by atoms with Crippen LogP contribution in [0.5, 0.6) is 5.75 Å². The third-order valence-corrected chi connectivity index (χ3v) is 3.16. The number of benzene rings is 1. The van der Waals surface area contributed by atoms with Gasteiger partial charge in [0.05, 0.1) is 7.11 Å². The lowest BCUT2D eigenvalue weighted by Gasteiger charge is -2.20. The van der Waals surface area contributed by atoms with Gasteiger partial charge in [-0.15, -0.1) is 0 Å². The molecule has 0 aliphatic rings. The average molecular weight is 221 g/mol. The van der Waals surface area contributed by atoms with Crippen LogP contribution in [0, 0.1) is 12.8 Å². The predicted molar refractivity (Wildman–Crippen MR) is 68.7 cm³/mol. The Bertz CT molecular complexity index is 336. The van der Waals surface area contributed by atoms with Gasteiger partial charge in [0.1, 0.15) is 5.75 Å². The fourth-order valence-corrected chi connectivity index (χ4v) is 2.07. The van der Waals surface area contributed by atoms with Gasteiger partial charge in [-0.2, -0.15) is 0 Å². The summed E-state index contributed by atoms with van der Waals surface area (Å²) < 4.78 is 5.25. The van der Waals surface area contributed by atoms with Gasteiger partial charge < -0.3 is 10.5 Å². The van der Waals surface area contributed by atoms with Crippen LogP contribution in [-0.2, 0) is 0 Å². The van der Waals surface area contributed by atoms with Crippen molar-refractivity contribution in [3.63, 3.8) is 0 Å². The maximum Gasteiger partial charge on any atom is 0.121 e. The summed E-state index contributed by atoms with van der Waals surface area (Å²) >= 11 is 0. The molecule has 1 rings (SSSR count). The largest absolute Gasteiger partial charge is 0.496 e. The Balaban J connectivity index is 2.84. The van der Waals surface area contributed by atoms with Crippen molar-refractivity contribution in [2.45, 2.75) is 39.7 Å². The standard InChI is InChI=1S/C14H23NO/c1-5-6-10(2)14(15)12-7-8-13(16-4)11(3)9-12/h7-10,14H,5-6,15H2,1-4H3. The lowest BCUT2D eigenvalue weighted by atomic mass is 9.91. The van der Waals surface area contributed by atoms with Gasteiger partial charge >= 0.3 is 0 Å². The fraction of sp³-hybridized carbons (Fsp3) is 0.571. The summed E-state index contributed by atoms with van der Waals surface area (Å²) in [5.74, 6) is 1.46. The average Bonchev–Trinajstić information content (AvgIpc) is 2.28. The molecule has 2 unspecified atom stereocenters. The van der Waals surface area contributed by atoms with E-state index in [1.54, 1.807) is 7.11 Å². The van der Waals surface area contributed by atoms with Gasteiger partial charge in [0.2, 0.25) is 0 Å². The maximum absolute atomic E-state index is 6.24. The highest BCUT2D eigenvalue weighted by molar-refractivity contribution is 5.37. The minimum atomic E-state index is 0.129. The summed E-state index contributed by atoms with van der Waals surface area (Å²) in [6, 6.07) is 6.34. The number of ether oxygens (including phenoxy) is 1. The molecule has 2 nitrogen and oxygen atoms in total. The summed E-state index contributed by atoms with van der Waals surface area (Å²) in [7, 11) is 1.70. The van der Waals surface area contributed by atoms with E-state index in [9.17, 15) is 0 Å². The van der Waals surface area contributed by atoms with Gasteiger partial charge in [-0.1, -0.05) is 32.4 Å². The van der Waals surface area contributed by atoms with Crippen LogP contribution in [-0.4, -0.2) is 7.11 Å². The topological polar surface area (TPSA) is 35.2 Å². The molecule has 0 aliphatic heterocycles. The molecule has 0 radical (unpaired) electrons. The third kappa shape index (κ3) is 2.99. The molecule has 0 amide bonds. The first-order valence-electron chi connectivity index (χ1n) is 6.00. The van der Waals surface area contributed by atoms with Crippen molar-refractivity contribution in [2.75, 3.05) is 7.11 Å². The minimum absolute atomic E-state index is 0.129. The fourth-order valence-electron chi connectivity index (χ4n) is 2.07. The van der Waals surface area contributed by atoms with E-state index in [1.807, 2.05) is 6.07 Å². The Morgan fingerprint density at radius 2 is 2.06 bits per heavy atom. The van der Waals surface area contributed by atoms with E-state index in [0.29, 0.717) is 5.92 Å². The predicted octanol–water partition coefficient (Wildman–Crippen LogP) is 3.44. The Labute approximate surface area is 98.8 Å². The van der Waals surface area contributed by atoms with Crippen molar-refractivity contribution < 1.29 is 4.74 Å². The van der Waals surface area contributed by atoms with E-state index in [0.717, 1.165) is 11.3 Å². The van der Waals surface area contributed by atoms with E-state index in [4.69, 9.17) is 10.5 Å². The second kappa shape index (κ2) is 5.90. The Morgan fingerprint density at radius 3 is 2.56 bits per heavy atom. The molecule has 0 fully saturated rings. The molecule has 1 aromatic carbocycles. The second-order valence-electron chi connectivity index (χ2n) is 4.52. The zero-order valence-electron chi connectivity index (χ0n) is 10.8. The van der Waals surface area contributed by atoms with Gasteiger partial charge in [0.25, 0.3) is 0 Å². The summed E-state index contributed by atoms with van der Waals surface area (Å²) in [5, 5.41) is 0. The van der Waals surface area contributed by atoms with E-state index >= 15 is 0 Å². The number of nitrogens with two attached hydrogens (primary N) is 1. The van der Waals surface area contributed by atoms with E-state index in [-0.39, 0.29) is 6.04 Å². The van der Waals surface area contributed by atoms with Crippen LogP contribution in [0.4, 0.5) is 0 Å². The summed E-state index contributed by atoms with van der Waals surface area (Å²) in [5.41, 5.74) is 8.60. The summed E-state index contributed by atoms with van der Waals surface area (Å²) in [4.78, 5) is 0. The highest BCUT2D eigenvalue weighted by Crippen LogP contribution is 2.27. The first-order chi connectivity index (χ1) is 7.60. The number of aryl methyl sites for hydroxylation is 1. The monoisotopic (exact) mass is 221 g/mol. The van der Waals surface area contributed by atoms with Crippen LogP contribution < -0.4 is 10.5 Å². The molecule has 0 saturated heterocycles. The molecule has 16 heavy (non-hydrogen) atoms. The van der Waals surface area contributed by atoms with Crippen LogP contribution in [0.3, 0.4) is 0 Å². The van der Waals surface area contributed by atoms with E-state index in [2.05, 4.69) is 32.9 Å². The molecule has 1 aromatic rings. The molecule has 0 aromatic heterocycles. The molecule has 0 bridgehead atoms. The third-order valence-electron chi connectivity index (χ3n) is 3.16. The van der Waals surface area contributed by atoms with Gasteiger partial charge in [-0.05, 0) is 36.5 Å². The van der Waals surface area contributed by atoms with Crippen molar-refractivity contribution in [1.29, 1.82) is 0 Å². The second-order valence-corrected chi connectivity index (χ2v) is 4.52. The molecule has 0 heterocycles. The minimum Gasteiger partial charge on any atom is -0.496 e.